The molecule has 2 aromatic carbocycles. The number of hydrogen-bond acceptors (Lipinski definition) is 3. The minimum atomic E-state index is -3.61. The molecule has 5 nitrogen and oxygen atoms in total. The summed E-state index contributed by atoms with van der Waals surface area (Å²) in [7, 11) is -3.61. The number of carbonyl (C=O) groups is 1. The lowest BCUT2D eigenvalue weighted by Gasteiger charge is -2.30. The molecule has 2 aromatic rings. The number of halogens is 1. The van der Waals surface area contributed by atoms with Gasteiger partial charge in [0.15, 0.2) is 0 Å². The van der Waals surface area contributed by atoms with Gasteiger partial charge in [0.25, 0.3) is 5.91 Å². The van der Waals surface area contributed by atoms with Gasteiger partial charge in [0.1, 0.15) is 5.82 Å². The molecule has 0 radical (unpaired) electrons. The number of amides is 1. The normalized spacial score (nSPS) is 17.7. The van der Waals surface area contributed by atoms with Gasteiger partial charge in [-0.05, 0) is 55.5 Å². The third-order valence-corrected chi connectivity index (χ3v) is 7.09. The van der Waals surface area contributed by atoms with Crippen molar-refractivity contribution in [3.63, 3.8) is 0 Å². The van der Waals surface area contributed by atoms with Crippen LogP contribution in [0.25, 0.3) is 0 Å². The number of anilines is 1. The van der Waals surface area contributed by atoms with Crippen molar-refractivity contribution >= 4 is 21.6 Å². The number of nitrogens with zero attached hydrogens (tertiary/aromatic N) is 2. The molecule has 1 saturated heterocycles. The van der Waals surface area contributed by atoms with E-state index in [1.807, 2.05) is 6.07 Å². The van der Waals surface area contributed by atoms with Crippen molar-refractivity contribution in [2.75, 3.05) is 24.5 Å². The van der Waals surface area contributed by atoms with Gasteiger partial charge >= 0.3 is 0 Å². The summed E-state index contributed by atoms with van der Waals surface area (Å²) < 4.78 is 41.4. The van der Waals surface area contributed by atoms with Crippen molar-refractivity contribution in [3.8, 4) is 0 Å². The lowest BCUT2D eigenvalue weighted by molar-refractivity contribution is 0.0984. The average Bonchev–Trinajstić information content (AvgIpc) is 3.23. The molecule has 27 heavy (non-hydrogen) atoms. The zero-order chi connectivity index (χ0) is 19.0. The molecular formula is C20H21FN2O3S. The number of sulfonamides is 1. The van der Waals surface area contributed by atoms with Gasteiger partial charge in [-0.15, -0.1) is 0 Å². The molecule has 2 heterocycles. The van der Waals surface area contributed by atoms with Crippen LogP contribution in [0.2, 0.25) is 0 Å². The van der Waals surface area contributed by atoms with Gasteiger partial charge < -0.3 is 4.90 Å². The quantitative estimate of drug-likeness (QED) is 0.811. The Kier molecular flexibility index (Phi) is 4.74. The first kappa shape index (κ1) is 18.1. The Hall–Kier alpha value is -2.25. The van der Waals surface area contributed by atoms with Crippen LogP contribution in [0, 0.1) is 5.82 Å². The van der Waals surface area contributed by atoms with E-state index in [1.165, 1.54) is 27.4 Å². The fourth-order valence-electron chi connectivity index (χ4n) is 3.83. The Bertz CT molecular complexity index is 984. The van der Waals surface area contributed by atoms with E-state index in [0.717, 1.165) is 31.2 Å². The van der Waals surface area contributed by atoms with E-state index in [2.05, 4.69) is 0 Å². The maximum atomic E-state index is 14.4. The number of benzene rings is 2. The second-order valence-electron chi connectivity index (χ2n) is 6.95. The van der Waals surface area contributed by atoms with Gasteiger partial charge in [0.2, 0.25) is 10.0 Å². The minimum absolute atomic E-state index is 0.112. The maximum absolute atomic E-state index is 14.4. The monoisotopic (exact) mass is 388 g/mol. The van der Waals surface area contributed by atoms with Crippen molar-refractivity contribution in [3.05, 3.63) is 59.4 Å². The summed E-state index contributed by atoms with van der Waals surface area (Å²) in [4.78, 5) is 14.6. The summed E-state index contributed by atoms with van der Waals surface area (Å²) in [6, 6.07) is 10.9. The molecule has 0 unspecified atom stereocenters. The van der Waals surface area contributed by atoms with Crippen LogP contribution in [0.15, 0.2) is 47.4 Å². The number of para-hydroxylation sites is 1. The zero-order valence-electron chi connectivity index (χ0n) is 14.9. The van der Waals surface area contributed by atoms with E-state index in [0.29, 0.717) is 25.3 Å². The predicted molar refractivity (Wildman–Crippen MR) is 101 cm³/mol. The van der Waals surface area contributed by atoms with Crippen LogP contribution in [0.5, 0.6) is 0 Å². The molecule has 0 spiro atoms. The Labute approximate surface area is 158 Å². The highest BCUT2D eigenvalue weighted by molar-refractivity contribution is 7.89. The number of carbonyl (C=O) groups excluding carboxylic acids is 1. The number of aryl methyl sites for hydroxylation is 1. The highest BCUT2D eigenvalue weighted by Crippen LogP contribution is 2.31. The van der Waals surface area contributed by atoms with Crippen LogP contribution in [0.3, 0.4) is 0 Å². The first-order valence-corrected chi connectivity index (χ1v) is 10.6. The summed E-state index contributed by atoms with van der Waals surface area (Å²) in [5.41, 5.74) is 1.36. The predicted octanol–water partition coefficient (Wildman–Crippen LogP) is 3.20. The zero-order valence-corrected chi connectivity index (χ0v) is 15.7. The van der Waals surface area contributed by atoms with Crippen LogP contribution in [0.4, 0.5) is 10.1 Å². The summed E-state index contributed by atoms with van der Waals surface area (Å²) >= 11 is 0. The highest BCUT2D eigenvalue weighted by atomic mass is 32.2. The summed E-state index contributed by atoms with van der Waals surface area (Å²) in [5.74, 6) is -0.805. The second kappa shape index (κ2) is 7.05. The van der Waals surface area contributed by atoms with E-state index in [4.69, 9.17) is 0 Å². The van der Waals surface area contributed by atoms with Gasteiger partial charge in [-0.25, -0.2) is 12.8 Å². The van der Waals surface area contributed by atoms with E-state index < -0.39 is 15.8 Å². The van der Waals surface area contributed by atoms with Crippen molar-refractivity contribution < 1.29 is 17.6 Å². The molecule has 0 N–H and O–H groups in total. The molecule has 0 aliphatic carbocycles. The number of fused-ring (bicyclic) bond motifs is 1. The standard InChI is InChI=1S/C20H21FN2O3S/c21-18-10-4-6-15-8-5-13-23(19(15)18)20(24)16-7-3-9-17(14-16)27(25,26)22-11-1-2-12-22/h3-4,6-7,9-10,14H,1-2,5,8,11-13H2. The minimum Gasteiger partial charge on any atom is -0.305 e. The maximum Gasteiger partial charge on any atom is 0.258 e. The molecule has 142 valence electrons. The third-order valence-electron chi connectivity index (χ3n) is 5.20. The summed E-state index contributed by atoms with van der Waals surface area (Å²) in [6.45, 7) is 1.42. The molecular weight excluding hydrogens is 367 g/mol. The van der Waals surface area contributed by atoms with E-state index in [9.17, 15) is 17.6 Å². The second-order valence-corrected chi connectivity index (χ2v) is 8.88. The molecule has 0 saturated carbocycles. The Morgan fingerprint density at radius 1 is 0.963 bits per heavy atom. The third kappa shape index (κ3) is 3.26. The summed E-state index contributed by atoms with van der Waals surface area (Å²) in [6.07, 6.45) is 3.16. The van der Waals surface area contributed by atoms with E-state index >= 15 is 0 Å². The fraction of sp³-hybridized carbons (Fsp3) is 0.350. The van der Waals surface area contributed by atoms with Crippen LogP contribution < -0.4 is 4.90 Å². The van der Waals surface area contributed by atoms with Crippen molar-refractivity contribution in [2.45, 2.75) is 30.6 Å². The molecule has 1 fully saturated rings. The topological polar surface area (TPSA) is 57.7 Å². The molecule has 7 heteroatoms. The van der Waals surface area contributed by atoms with E-state index in [-0.39, 0.29) is 16.4 Å². The molecule has 0 aromatic heterocycles. The average molecular weight is 388 g/mol. The van der Waals surface area contributed by atoms with Crippen molar-refractivity contribution in [2.24, 2.45) is 0 Å². The Morgan fingerprint density at radius 3 is 2.48 bits per heavy atom. The first-order chi connectivity index (χ1) is 13.0. The van der Waals surface area contributed by atoms with Gasteiger partial charge in [0.05, 0.1) is 10.6 Å². The Morgan fingerprint density at radius 2 is 1.70 bits per heavy atom. The number of rotatable bonds is 3. The van der Waals surface area contributed by atoms with Gasteiger partial charge in [-0.1, -0.05) is 18.2 Å². The van der Waals surface area contributed by atoms with Gasteiger partial charge in [0, 0.05) is 25.2 Å². The lowest BCUT2D eigenvalue weighted by Crippen LogP contribution is -2.36. The van der Waals surface area contributed by atoms with Crippen molar-refractivity contribution in [1.29, 1.82) is 0 Å². The van der Waals surface area contributed by atoms with Gasteiger partial charge in [-0.3, -0.25) is 4.79 Å². The molecule has 1 amide bonds. The Balaban J connectivity index is 1.69. The van der Waals surface area contributed by atoms with Crippen LogP contribution in [-0.2, 0) is 16.4 Å². The molecule has 2 aliphatic heterocycles. The van der Waals surface area contributed by atoms with Crippen LogP contribution in [-0.4, -0.2) is 38.3 Å². The number of hydrogen-bond donors (Lipinski definition) is 0. The van der Waals surface area contributed by atoms with E-state index in [1.54, 1.807) is 18.2 Å². The molecule has 4 rings (SSSR count). The molecule has 0 atom stereocenters. The van der Waals surface area contributed by atoms with Gasteiger partial charge in [-0.2, -0.15) is 4.31 Å². The molecule has 2 aliphatic rings. The lowest BCUT2D eigenvalue weighted by atomic mass is 10.0. The SMILES string of the molecule is O=C(c1cccc(S(=O)(=O)N2CCCC2)c1)N1CCCc2cccc(F)c21. The largest absolute Gasteiger partial charge is 0.305 e. The summed E-state index contributed by atoms with van der Waals surface area (Å²) in [5, 5.41) is 0. The first-order valence-electron chi connectivity index (χ1n) is 9.18. The van der Waals surface area contributed by atoms with Crippen LogP contribution in [0.1, 0.15) is 35.2 Å². The van der Waals surface area contributed by atoms with Crippen LogP contribution >= 0.6 is 0 Å². The smallest absolute Gasteiger partial charge is 0.258 e. The molecule has 0 bridgehead atoms. The van der Waals surface area contributed by atoms with Crippen molar-refractivity contribution in [1.82, 2.24) is 4.31 Å². The highest BCUT2D eigenvalue weighted by Gasteiger charge is 2.30. The fourth-order valence-corrected chi connectivity index (χ4v) is 5.39.